The molecule has 1 saturated heterocycles. The van der Waals surface area contributed by atoms with E-state index in [4.69, 9.17) is 30.8 Å². The number of benzene rings is 2. The average Bonchev–Trinajstić information content (AvgIpc) is 0.834. The number of ether oxygens (including phenoxy) is 2. The molecule has 0 aromatic heterocycles. The van der Waals surface area contributed by atoms with Gasteiger partial charge in [-0.3, -0.25) is 57.7 Å². The van der Waals surface area contributed by atoms with Gasteiger partial charge in [-0.15, -0.1) is 0 Å². The van der Waals surface area contributed by atoms with E-state index in [1.54, 1.807) is 85.7 Å². The third kappa shape index (κ3) is 32.4. The Kier molecular flexibility index (Phi) is 40.0. The lowest BCUT2D eigenvalue weighted by molar-refractivity contribution is -0.192. The molecule has 0 aliphatic carbocycles. The Morgan fingerprint density at radius 3 is 1.65 bits per heavy atom. The third-order valence-electron chi connectivity index (χ3n) is 16.4. The van der Waals surface area contributed by atoms with Crippen LogP contribution in [-0.4, -0.2) is 226 Å². The van der Waals surface area contributed by atoms with E-state index in [-0.39, 0.29) is 69.1 Å². The van der Waals surface area contributed by atoms with Crippen molar-refractivity contribution in [1.82, 2.24) is 63.8 Å². The summed E-state index contributed by atoms with van der Waals surface area (Å²) in [7, 11) is 1.06. The number of carbonyl (C=O) groups excluding carboxylic acids is 13. The summed E-state index contributed by atoms with van der Waals surface area (Å²) in [6, 6.07) is -2.63. The van der Waals surface area contributed by atoms with Crippen molar-refractivity contribution in [3.8, 4) is 0 Å². The molecule has 1 aliphatic heterocycles. The summed E-state index contributed by atoms with van der Waals surface area (Å²) in [4.78, 5) is 199. The molecule has 0 saturated carbocycles. The molecule has 36 nitrogen and oxygen atoms in total. The predicted octanol–water partition coefficient (Wildman–Crippen LogP) is -2.57. The molecular formula is C69H106F3N15O21. The molecule has 1 aliphatic rings. The van der Waals surface area contributed by atoms with Crippen LogP contribution in [0, 0.1) is 29.6 Å². The molecule has 0 radical (unpaired) electrons. The van der Waals surface area contributed by atoms with E-state index in [9.17, 15) is 81.5 Å². The average molecular weight is 1540 g/mol. The number of hydrogen-bond acceptors (Lipinski definition) is 21. The molecule has 39 heteroatoms. The molecule has 1 heterocycles. The Morgan fingerprint density at radius 1 is 0.630 bits per heavy atom. The summed E-state index contributed by atoms with van der Waals surface area (Å²) in [5.41, 5.74) is 11.7. The van der Waals surface area contributed by atoms with Crippen LogP contribution in [-0.2, 0) is 78.4 Å². The van der Waals surface area contributed by atoms with Crippen molar-refractivity contribution < 1.29 is 115 Å². The number of esters is 1. The first-order valence-corrected chi connectivity index (χ1v) is 34.9. The zero-order valence-electron chi connectivity index (χ0n) is 62.3. The number of amides is 12. The number of aliphatic imine (C=N–C) groups is 1. The van der Waals surface area contributed by atoms with Crippen molar-refractivity contribution in [2.75, 3.05) is 26.7 Å². The van der Waals surface area contributed by atoms with E-state index in [1.807, 2.05) is 0 Å². The zero-order valence-corrected chi connectivity index (χ0v) is 62.3. The van der Waals surface area contributed by atoms with Gasteiger partial charge in [0.1, 0.15) is 61.0 Å². The Morgan fingerprint density at radius 2 is 1.14 bits per heavy atom. The van der Waals surface area contributed by atoms with Crippen molar-refractivity contribution >= 4 is 89.0 Å². The first-order chi connectivity index (χ1) is 50.5. The lowest BCUT2D eigenvalue weighted by Crippen LogP contribution is -2.64. The summed E-state index contributed by atoms with van der Waals surface area (Å²) in [5.74, 6) is -20.2. The molecule has 15 atom stereocenters. The van der Waals surface area contributed by atoms with Crippen LogP contribution in [0.5, 0.6) is 0 Å². The Bertz CT molecular complexity index is 3370. The molecule has 2 aromatic rings. The van der Waals surface area contributed by atoms with Crippen LogP contribution in [0.2, 0.25) is 0 Å². The number of nitrogens with two attached hydrogens (primary N) is 2. The standard InChI is InChI=1S/C67H105N15O19.C2HF3O2/c1-13-37(10)47-60(93)80-48(38(11)84)59(92)72-30-46(85)78-50(53(87)64(97)70-12)62(95)76-45(31-83)65(98)101-54(40-23-18-15-19-24-40)51(82-58(91)43(28-34(4)5)74-57(90)44(29-35(6)7)77-67(99)100-32-39-21-16-14-17-22-39)63(96)81-49(52(86)36(8)9)61(94)75-42(27-33(2)3)56(89)73-41(55(88)79-47)25-20-26-71-66(68)69;3-2(4,5)1(6)7/h14-19,21-24,33-38,41-45,47-54,83-84,86-87H,13,20,25-32H2,1-12H3,(H,70,97)(H,72,92)(H,73,89)(H,74,90)(H,75,94)(H,76,95)(H,77,99)(H,78,85)(H,79,88)(H,80,93)(H,81,96)(H,82,91)(H4,68,69,71);(H,6,7)/t37-,38-,41+,42-,43-,44+,45-,47-,48-,49-,50-,51-,52+,53-,54+;/m0./s1. The molecule has 1 fully saturated rings. The lowest BCUT2D eigenvalue weighted by atomic mass is 9.95. The summed E-state index contributed by atoms with van der Waals surface area (Å²) >= 11 is 0. The Balaban J connectivity index is 0.00000537. The fourth-order valence-corrected chi connectivity index (χ4v) is 10.4. The van der Waals surface area contributed by atoms with E-state index in [1.165, 1.54) is 44.2 Å². The number of nitrogens with zero attached hydrogens (tertiary/aromatic N) is 1. The van der Waals surface area contributed by atoms with Crippen LogP contribution in [0.3, 0.4) is 0 Å². The van der Waals surface area contributed by atoms with E-state index in [2.05, 4.69) is 68.8 Å². The molecule has 0 unspecified atom stereocenters. The number of alkyl halides is 3. The number of alkyl carbamates (subject to hydrolysis) is 1. The molecule has 3 rings (SSSR count). The van der Waals surface area contributed by atoms with Crippen molar-refractivity contribution in [3.05, 3.63) is 71.8 Å². The second kappa shape index (κ2) is 46.1. The highest BCUT2D eigenvalue weighted by molar-refractivity contribution is 6.00. The van der Waals surface area contributed by atoms with Gasteiger partial charge < -0.3 is 110 Å². The second-order valence-corrected chi connectivity index (χ2v) is 27.2. The molecular weight excluding hydrogens is 1430 g/mol. The number of aliphatic hydroxyl groups is 4. The van der Waals surface area contributed by atoms with E-state index in [0.717, 1.165) is 14.0 Å². The van der Waals surface area contributed by atoms with Crippen LogP contribution >= 0.6 is 0 Å². The summed E-state index contributed by atoms with van der Waals surface area (Å²) in [6.07, 6.45) is -14.4. The maximum absolute atomic E-state index is 15.6. The van der Waals surface area contributed by atoms with Crippen LogP contribution in [0.15, 0.2) is 65.7 Å². The number of nitrogens with one attached hydrogen (secondary N) is 12. The second-order valence-electron chi connectivity index (χ2n) is 27.2. The number of likely N-dealkylation sites (N-methyl/N-ethyl adjacent to an activating group) is 1. The zero-order chi connectivity index (χ0) is 82.0. The van der Waals surface area contributed by atoms with Gasteiger partial charge in [-0.05, 0) is 79.7 Å². The van der Waals surface area contributed by atoms with E-state index >= 15 is 14.4 Å². The third-order valence-corrected chi connectivity index (χ3v) is 16.4. The number of aliphatic hydroxyl groups excluding tert-OH is 4. The minimum atomic E-state index is -5.08. The Hall–Kier alpha value is -10.3. The van der Waals surface area contributed by atoms with E-state index in [0.29, 0.717) is 5.56 Å². The van der Waals surface area contributed by atoms with Crippen LogP contribution in [0.25, 0.3) is 0 Å². The fourth-order valence-electron chi connectivity index (χ4n) is 10.4. The van der Waals surface area contributed by atoms with Crippen molar-refractivity contribution in [1.29, 1.82) is 0 Å². The summed E-state index contributed by atoms with van der Waals surface area (Å²) in [5, 5.41) is 80.8. The first kappa shape index (κ1) is 93.8. The first-order valence-electron chi connectivity index (χ1n) is 34.9. The van der Waals surface area contributed by atoms with Gasteiger partial charge in [0, 0.05) is 13.6 Å². The van der Waals surface area contributed by atoms with Crippen molar-refractivity contribution in [3.63, 3.8) is 0 Å². The number of carbonyl (C=O) groups is 14. The highest BCUT2D eigenvalue weighted by atomic mass is 19.4. The van der Waals surface area contributed by atoms with Crippen LogP contribution in [0.4, 0.5) is 18.0 Å². The topological polar surface area (TPSA) is 567 Å². The van der Waals surface area contributed by atoms with Crippen molar-refractivity contribution in [2.24, 2.45) is 46.0 Å². The van der Waals surface area contributed by atoms with Gasteiger partial charge in [-0.1, -0.05) is 136 Å². The molecule has 108 heavy (non-hydrogen) atoms. The number of carboxylic acid groups (broad SMARTS) is 1. The quantitative estimate of drug-likeness (QED) is 0.0199. The highest BCUT2D eigenvalue weighted by Gasteiger charge is 2.44. The Labute approximate surface area is 622 Å². The van der Waals surface area contributed by atoms with Gasteiger partial charge in [-0.2, -0.15) is 13.2 Å². The van der Waals surface area contributed by atoms with Crippen LogP contribution in [0.1, 0.15) is 132 Å². The predicted molar refractivity (Wildman–Crippen MR) is 380 cm³/mol. The number of aliphatic carboxylic acids is 1. The van der Waals surface area contributed by atoms with Gasteiger partial charge in [-0.25, -0.2) is 14.4 Å². The minimum absolute atomic E-state index is 0.0278. The van der Waals surface area contributed by atoms with Gasteiger partial charge in [0.25, 0.3) is 5.91 Å². The number of halogens is 3. The number of cyclic esters (lactones) is 1. The monoisotopic (exact) mass is 1540 g/mol. The largest absolute Gasteiger partial charge is 0.490 e. The number of carboxylic acids is 1. The maximum Gasteiger partial charge on any atom is 0.490 e. The molecule has 0 bridgehead atoms. The number of hydrogen-bond donors (Lipinski definition) is 19. The number of rotatable bonds is 26. The smallest absolute Gasteiger partial charge is 0.475 e. The lowest BCUT2D eigenvalue weighted by Gasteiger charge is -2.34. The van der Waals surface area contributed by atoms with Crippen molar-refractivity contribution in [2.45, 2.75) is 212 Å². The summed E-state index contributed by atoms with van der Waals surface area (Å²) in [6.45, 7) is 15.0. The molecule has 21 N–H and O–H groups in total. The van der Waals surface area contributed by atoms with E-state index < -0.39 is 211 Å². The van der Waals surface area contributed by atoms with Gasteiger partial charge in [0.2, 0.25) is 59.1 Å². The molecule has 2 aromatic carbocycles. The normalized spacial score (nSPS) is 22.4. The fraction of sp³-hybridized carbons (Fsp3) is 0.609. The SMILES string of the molecule is CC[C@H](C)[C@@H]1NC(=O)[C@@H](CCCN=C(N)N)NC(=O)[C@H](CC(C)C)NC(=O)[C@H]([C@H](O)C(C)C)NC(=O)[C@@H](NC(=O)[C@H](CC(C)C)NC(=O)[C@@H](CC(C)C)NC(=O)OCc2ccccc2)[C@@H](c2ccccc2)OC(=O)[C@H](CO)NC(=O)[C@H]([C@H](O)C(=O)NC)NC(=O)CNC(=O)[C@H]([C@H](C)O)NC1=O.O=C(O)C(F)(F)F. The van der Waals surface area contributed by atoms with Gasteiger partial charge in [0.15, 0.2) is 24.2 Å². The van der Waals surface area contributed by atoms with Crippen LogP contribution < -0.4 is 75.3 Å². The maximum atomic E-state index is 15.6. The summed E-state index contributed by atoms with van der Waals surface area (Å²) < 4.78 is 43.2. The van der Waals surface area contributed by atoms with Gasteiger partial charge >= 0.3 is 24.2 Å². The molecule has 0 spiro atoms. The highest BCUT2D eigenvalue weighted by Crippen LogP contribution is 2.25. The minimum Gasteiger partial charge on any atom is -0.475 e. The molecule has 604 valence electrons. The molecule has 12 amide bonds. The number of guanidine groups is 1. The van der Waals surface area contributed by atoms with Gasteiger partial charge in [0.05, 0.1) is 25.4 Å².